The quantitative estimate of drug-likeness (QED) is 0.598. The lowest BCUT2D eigenvalue weighted by atomic mass is 10.2. The second kappa shape index (κ2) is 3.09. The Morgan fingerprint density at radius 1 is 1.70 bits per heavy atom. The average molecular weight is 176 g/mol. The van der Waals surface area contributed by atoms with Crippen LogP contribution in [0.5, 0.6) is 0 Å². The minimum Gasteiger partial charge on any atom is -0.478 e. The van der Waals surface area contributed by atoms with E-state index in [0.29, 0.717) is 9.80 Å². The van der Waals surface area contributed by atoms with E-state index < -0.39 is 0 Å². The Morgan fingerprint density at radius 3 is 2.70 bits per heavy atom. The fraction of sp³-hybridized carbons (Fsp3) is 0.857. The Labute approximate surface area is 71.5 Å². The summed E-state index contributed by atoms with van der Waals surface area (Å²) in [5.74, 6) is 0. The molecule has 1 fully saturated rings. The number of thioether (sulfide) groups is 1. The molecule has 0 aromatic heterocycles. The van der Waals surface area contributed by atoms with Gasteiger partial charge in [-0.15, -0.1) is 0 Å². The maximum absolute atomic E-state index is 5.31. The molecule has 0 heterocycles. The summed E-state index contributed by atoms with van der Waals surface area (Å²) in [4.78, 5) is 0. The third kappa shape index (κ3) is 2.46. The highest BCUT2D eigenvalue weighted by Gasteiger charge is 2.38. The van der Waals surface area contributed by atoms with Crippen molar-refractivity contribution in [2.45, 2.75) is 19.8 Å². The van der Waals surface area contributed by atoms with Crippen LogP contribution in [-0.2, 0) is 4.74 Å². The molecule has 1 saturated carbocycles. The molecule has 10 heavy (non-hydrogen) atoms. The van der Waals surface area contributed by atoms with Crippen molar-refractivity contribution >= 4 is 28.4 Å². The van der Waals surface area contributed by atoms with E-state index in [9.17, 15) is 0 Å². The molecule has 0 atom stereocenters. The number of ether oxygens (including phenoxy) is 1. The van der Waals surface area contributed by atoms with Gasteiger partial charge >= 0.3 is 0 Å². The molecular weight excluding hydrogens is 164 g/mol. The molecule has 1 rings (SSSR count). The van der Waals surface area contributed by atoms with Crippen molar-refractivity contribution in [1.82, 2.24) is 0 Å². The van der Waals surface area contributed by atoms with Gasteiger partial charge in [-0.2, -0.15) is 0 Å². The van der Waals surface area contributed by atoms with Crippen LogP contribution >= 0.6 is 24.0 Å². The van der Waals surface area contributed by atoms with Crippen LogP contribution in [0.2, 0.25) is 0 Å². The minimum absolute atomic E-state index is 0.458. The molecule has 58 valence electrons. The van der Waals surface area contributed by atoms with E-state index in [1.165, 1.54) is 24.6 Å². The van der Waals surface area contributed by atoms with Crippen LogP contribution in [-0.4, -0.2) is 17.2 Å². The number of hydrogen-bond donors (Lipinski definition) is 0. The Morgan fingerprint density at radius 2 is 2.30 bits per heavy atom. The standard InChI is InChI=1S/C7H12OS2/c1-7(3-4-7)5-8-6(9)10-2/h3-5H2,1-2H3. The van der Waals surface area contributed by atoms with Gasteiger partial charge in [0.1, 0.15) is 0 Å². The fourth-order valence-electron chi connectivity index (χ4n) is 0.650. The monoisotopic (exact) mass is 176 g/mol. The van der Waals surface area contributed by atoms with Gasteiger partial charge in [-0.05, 0) is 31.3 Å². The highest BCUT2D eigenvalue weighted by atomic mass is 32.2. The molecule has 0 aromatic carbocycles. The van der Waals surface area contributed by atoms with Gasteiger partial charge in [0.05, 0.1) is 6.61 Å². The third-order valence-electron chi connectivity index (χ3n) is 1.81. The van der Waals surface area contributed by atoms with Crippen molar-refractivity contribution in [1.29, 1.82) is 0 Å². The van der Waals surface area contributed by atoms with Crippen LogP contribution in [0.3, 0.4) is 0 Å². The van der Waals surface area contributed by atoms with Crippen LogP contribution in [0, 0.1) is 5.41 Å². The fourth-order valence-corrected chi connectivity index (χ4v) is 0.886. The molecule has 0 saturated heterocycles. The van der Waals surface area contributed by atoms with Crippen molar-refractivity contribution in [3.05, 3.63) is 0 Å². The molecule has 0 N–H and O–H groups in total. The summed E-state index contributed by atoms with van der Waals surface area (Å²) in [7, 11) is 0. The highest BCUT2D eigenvalue weighted by molar-refractivity contribution is 8.22. The van der Waals surface area contributed by atoms with Gasteiger partial charge in [-0.1, -0.05) is 18.7 Å². The lowest BCUT2D eigenvalue weighted by Gasteiger charge is -2.09. The van der Waals surface area contributed by atoms with E-state index in [4.69, 9.17) is 17.0 Å². The van der Waals surface area contributed by atoms with Crippen molar-refractivity contribution in [3.8, 4) is 0 Å². The Hall–Kier alpha value is 0.240. The van der Waals surface area contributed by atoms with E-state index in [1.54, 1.807) is 0 Å². The lowest BCUT2D eigenvalue weighted by Crippen LogP contribution is -2.07. The Kier molecular flexibility index (Phi) is 2.58. The van der Waals surface area contributed by atoms with Gasteiger partial charge in [-0.3, -0.25) is 0 Å². The van der Waals surface area contributed by atoms with Gasteiger partial charge < -0.3 is 4.74 Å². The maximum atomic E-state index is 5.31. The van der Waals surface area contributed by atoms with Crippen LogP contribution in [0.4, 0.5) is 0 Å². The molecular formula is C7H12OS2. The van der Waals surface area contributed by atoms with Crippen LogP contribution in [0.15, 0.2) is 0 Å². The molecule has 0 aromatic rings. The van der Waals surface area contributed by atoms with Gasteiger partial charge in [0.15, 0.2) is 0 Å². The minimum atomic E-state index is 0.458. The number of rotatable bonds is 2. The van der Waals surface area contributed by atoms with Crippen molar-refractivity contribution in [2.24, 2.45) is 5.41 Å². The molecule has 1 aliphatic carbocycles. The maximum Gasteiger partial charge on any atom is 0.219 e. The predicted octanol–water partition coefficient (Wildman–Crippen LogP) is 2.45. The van der Waals surface area contributed by atoms with Crippen LogP contribution < -0.4 is 0 Å². The van der Waals surface area contributed by atoms with E-state index >= 15 is 0 Å². The summed E-state index contributed by atoms with van der Waals surface area (Å²) >= 11 is 6.39. The van der Waals surface area contributed by atoms with Crippen LogP contribution in [0.1, 0.15) is 19.8 Å². The summed E-state index contributed by atoms with van der Waals surface area (Å²) in [6, 6.07) is 0. The van der Waals surface area contributed by atoms with Gasteiger partial charge in [-0.25, -0.2) is 0 Å². The Bertz CT molecular complexity index is 141. The average Bonchev–Trinajstić information content (AvgIpc) is 2.64. The summed E-state index contributed by atoms with van der Waals surface area (Å²) < 4.78 is 5.99. The smallest absolute Gasteiger partial charge is 0.219 e. The Balaban J connectivity index is 2.10. The molecule has 0 unspecified atom stereocenters. The van der Waals surface area contributed by atoms with Crippen LogP contribution in [0.25, 0.3) is 0 Å². The summed E-state index contributed by atoms with van der Waals surface area (Å²) in [6.07, 6.45) is 4.53. The largest absolute Gasteiger partial charge is 0.478 e. The second-order valence-electron chi connectivity index (χ2n) is 3.05. The SMILES string of the molecule is CSC(=S)OCC1(C)CC1. The molecule has 0 bridgehead atoms. The molecule has 0 amide bonds. The molecule has 0 spiro atoms. The summed E-state index contributed by atoms with van der Waals surface area (Å²) in [5, 5.41) is 0. The summed E-state index contributed by atoms with van der Waals surface area (Å²) in [5.41, 5.74) is 0.458. The first-order valence-electron chi connectivity index (χ1n) is 3.37. The molecule has 1 nitrogen and oxygen atoms in total. The van der Waals surface area contributed by atoms with E-state index in [0.717, 1.165) is 6.61 Å². The highest BCUT2D eigenvalue weighted by Crippen LogP contribution is 2.45. The molecule has 1 aliphatic rings. The summed E-state index contributed by atoms with van der Waals surface area (Å²) in [6.45, 7) is 3.04. The zero-order chi connectivity index (χ0) is 7.61. The van der Waals surface area contributed by atoms with Crippen molar-refractivity contribution < 1.29 is 4.74 Å². The zero-order valence-corrected chi connectivity index (χ0v) is 7.98. The first-order chi connectivity index (χ1) is 4.66. The third-order valence-corrected chi connectivity index (χ3v) is 2.88. The van der Waals surface area contributed by atoms with Gasteiger partial charge in [0.2, 0.25) is 4.38 Å². The first kappa shape index (κ1) is 8.34. The van der Waals surface area contributed by atoms with E-state index in [1.807, 2.05) is 6.26 Å². The molecule has 0 radical (unpaired) electrons. The van der Waals surface area contributed by atoms with Gasteiger partial charge in [0, 0.05) is 5.41 Å². The first-order valence-corrected chi connectivity index (χ1v) is 5.00. The normalized spacial score (nSPS) is 20.2. The second-order valence-corrected chi connectivity index (χ2v) is 4.46. The molecule has 3 heteroatoms. The zero-order valence-electron chi connectivity index (χ0n) is 6.35. The predicted molar refractivity (Wildman–Crippen MR) is 49.4 cm³/mol. The van der Waals surface area contributed by atoms with E-state index in [2.05, 4.69) is 6.92 Å². The number of hydrogen-bond acceptors (Lipinski definition) is 3. The molecule has 0 aliphatic heterocycles. The topological polar surface area (TPSA) is 9.23 Å². The number of thiocarbonyl (C=S) groups is 1. The van der Waals surface area contributed by atoms with E-state index in [-0.39, 0.29) is 0 Å². The lowest BCUT2D eigenvalue weighted by molar-refractivity contribution is 0.248. The van der Waals surface area contributed by atoms with Gasteiger partial charge in [0.25, 0.3) is 0 Å². The van der Waals surface area contributed by atoms with Crippen molar-refractivity contribution in [2.75, 3.05) is 12.9 Å². The van der Waals surface area contributed by atoms with Crippen molar-refractivity contribution in [3.63, 3.8) is 0 Å².